The number of aromatic carboxylic acids is 1. The van der Waals surface area contributed by atoms with Gasteiger partial charge in [-0.25, -0.2) is 9.78 Å². The van der Waals surface area contributed by atoms with Gasteiger partial charge < -0.3 is 15.2 Å². The molecule has 2 heterocycles. The van der Waals surface area contributed by atoms with Crippen LogP contribution >= 0.6 is 0 Å². The van der Waals surface area contributed by atoms with Gasteiger partial charge >= 0.3 is 5.97 Å². The molecule has 0 spiro atoms. The summed E-state index contributed by atoms with van der Waals surface area (Å²) < 4.78 is 7.65. The fraction of sp³-hybridized carbons (Fsp3) is 0. The lowest BCUT2D eigenvalue weighted by molar-refractivity contribution is 0.0696. The molecule has 156 valence electrons. The summed E-state index contributed by atoms with van der Waals surface area (Å²) in [6, 6.07) is 30.2. The Kier molecular flexibility index (Phi) is 5.01. The van der Waals surface area contributed by atoms with Crippen LogP contribution < -0.4 is 10.1 Å². The number of pyridine rings is 1. The van der Waals surface area contributed by atoms with Crippen LogP contribution in [0.1, 0.15) is 10.4 Å². The van der Waals surface area contributed by atoms with Gasteiger partial charge in [-0.3, -0.25) is 4.40 Å². The van der Waals surface area contributed by atoms with Crippen LogP contribution in [0.2, 0.25) is 0 Å². The van der Waals surface area contributed by atoms with Gasteiger partial charge in [0.2, 0.25) is 0 Å². The van der Waals surface area contributed by atoms with Crippen molar-refractivity contribution in [3.63, 3.8) is 0 Å². The van der Waals surface area contributed by atoms with E-state index in [0.717, 1.165) is 22.7 Å². The van der Waals surface area contributed by atoms with E-state index in [1.807, 2.05) is 84.9 Å². The van der Waals surface area contributed by atoms with E-state index < -0.39 is 5.97 Å². The van der Waals surface area contributed by atoms with Crippen molar-refractivity contribution >= 4 is 23.1 Å². The van der Waals surface area contributed by atoms with Gasteiger partial charge in [-0.05, 0) is 60.7 Å². The maximum atomic E-state index is 11.5. The van der Waals surface area contributed by atoms with Crippen molar-refractivity contribution in [2.24, 2.45) is 0 Å². The molecule has 5 rings (SSSR count). The Morgan fingerprint density at radius 3 is 2.16 bits per heavy atom. The molecular weight excluding hydrogens is 402 g/mol. The molecule has 0 bridgehead atoms. The Labute approximate surface area is 184 Å². The third-order valence-corrected chi connectivity index (χ3v) is 5.01. The zero-order valence-electron chi connectivity index (χ0n) is 17.0. The summed E-state index contributed by atoms with van der Waals surface area (Å²) in [6.07, 6.45) is 1.58. The molecule has 6 heteroatoms. The molecule has 0 unspecified atom stereocenters. The highest BCUT2D eigenvalue weighted by atomic mass is 16.5. The number of hydrogen-bond acceptors (Lipinski definition) is 4. The Balaban J connectivity index is 1.56. The van der Waals surface area contributed by atoms with Crippen molar-refractivity contribution in [2.45, 2.75) is 0 Å². The molecular formula is C26H19N3O3. The van der Waals surface area contributed by atoms with Crippen molar-refractivity contribution in [3.8, 4) is 22.8 Å². The van der Waals surface area contributed by atoms with Gasteiger partial charge in [-0.2, -0.15) is 0 Å². The van der Waals surface area contributed by atoms with Crippen LogP contribution in [-0.4, -0.2) is 20.5 Å². The molecule has 3 aromatic carbocycles. The minimum absolute atomic E-state index is 0.184. The van der Waals surface area contributed by atoms with E-state index in [1.165, 1.54) is 0 Å². The molecule has 0 fully saturated rings. The van der Waals surface area contributed by atoms with Gasteiger partial charge in [0, 0.05) is 17.4 Å². The number of hydrogen-bond donors (Lipinski definition) is 2. The standard InChI is InChI=1S/C26H19N3O3/c30-26(31)19-13-16-23-28-24(25(29(23)17-19)27-20-7-3-1-4-8-20)18-11-14-22(15-12-18)32-21-9-5-2-6-10-21/h1-17,27H,(H,30,31). The lowest BCUT2D eigenvalue weighted by Crippen LogP contribution is -2.01. The number of ether oxygens (including phenoxy) is 1. The first-order chi connectivity index (χ1) is 15.7. The summed E-state index contributed by atoms with van der Waals surface area (Å²) in [6.45, 7) is 0. The molecule has 5 aromatic rings. The average Bonchev–Trinajstić information content (AvgIpc) is 3.18. The molecule has 0 amide bonds. The van der Waals surface area contributed by atoms with Crippen molar-refractivity contribution in [1.82, 2.24) is 9.38 Å². The van der Waals surface area contributed by atoms with Gasteiger partial charge in [0.1, 0.15) is 28.7 Å². The van der Waals surface area contributed by atoms with Crippen molar-refractivity contribution in [1.29, 1.82) is 0 Å². The zero-order valence-corrected chi connectivity index (χ0v) is 17.0. The number of carboxylic acid groups (broad SMARTS) is 1. The van der Waals surface area contributed by atoms with E-state index in [9.17, 15) is 9.90 Å². The molecule has 0 aliphatic carbocycles. The summed E-state index contributed by atoms with van der Waals surface area (Å²) in [5, 5.41) is 12.8. The highest BCUT2D eigenvalue weighted by Crippen LogP contribution is 2.33. The second kappa shape index (κ2) is 8.28. The van der Waals surface area contributed by atoms with Crippen LogP contribution in [0.25, 0.3) is 16.9 Å². The summed E-state index contributed by atoms with van der Waals surface area (Å²) in [5.41, 5.74) is 3.30. The molecule has 0 saturated heterocycles. The third kappa shape index (κ3) is 3.89. The fourth-order valence-corrected chi connectivity index (χ4v) is 3.46. The Hall–Kier alpha value is -4.58. The summed E-state index contributed by atoms with van der Waals surface area (Å²) >= 11 is 0. The molecule has 6 nitrogen and oxygen atoms in total. The van der Waals surface area contributed by atoms with E-state index in [4.69, 9.17) is 9.72 Å². The fourth-order valence-electron chi connectivity index (χ4n) is 3.46. The van der Waals surface area contributed by atoms with Crippen LogP contribution in [0.4, 0.5) is 11.5 Å². The van der Waals surface area contributed by atoms with Crippen LogP contribution in [0.5, 0.6) is 11.5 Å². The first kappa shape index (κ1) is 19.4. The first-order valence-electron chi connectivity index (χ1n) is 10.1. The number of anilines is 2. The van der Waals surface area contributed by atoms with Crippen molar-refractivity contribution in [2.75, 3.05) is 5.32 Å². The lowest BCUT2D eigenvalue weighted by atomic mass is 10.1. The number of rotatable bonds is 6. The maximum Gasteiger partial charge on any atom is 0.337 e. The average molecular weight is 421 g/mol. The molecule has 0 atom stereocenters. The number of imidazole rings is 1. The molecule has 2 N–H and O–H groups in total. The number of aromatic nitrogens is 2. The van der Waals surface area contributed by atoms with E-state index in [-0.39, 0.29) is 5.56 Å². The number of fused-ring (bicyclic) bond motifs is 1. The van der Waals surface area contributed by atoms with Crippen LogP contribution in [0.3, 0.4) is 0 Å². The number of nitrogens with zero attached hydrogens (tertiary/aromatic N) is 2. The molecule has 0 saturated carbocycles. The predicted molar refractivity (Wildman–Crippen MR) is 124 cm³/mol. The second-order valence-electron chi connectivity index (χ2n) is 7.19. The molecule has 0 aliphatic rings. The molecule has 2 aromatic heterocycles. The van der Waals surface area contributed by atoms with Gasteiger partial charge in [0.25, 0.3) is 0 Å². The van der Waals surface area contributed by atoms with E-state index in [1.54, 1.807) is 22.7 Å². The smallest absolute Gasteiger partial charge is 0.337 e. The summed E-state index contributed by atoms with van der Waals surface area (Å²) in [5.74, 6) is 1.18. The van der Waals surface area contributed by atoms with E-state index in [0.29, 0.717) is 17.2 Å². The number of para-hydroxylation sites is 2. The third-order valence-electron chi connectivity index (χ3n) is 5.01. The van der Waals surface area contributed by atoms with Crippen LogP contribution in [0, 0.1) is 0 Å². The van der Waals surface area contributed by atoms with Crippen LogP contribution in [0.15, 0.2) is 103 Å². The first-order valence-corrected chi connectivity index (χ1v) is 10.1. The van der Waals surface area contributed by atoms with Crippen molar-refractivity contribution in [3.05, 3.63) is 109 Å². The molecule has 0 aliphatic heterocycles. The SMILES string of the molecule is O=C(O)c1ccc2nc(-c3ccc(Oc4ccccc4)cc3)c(Nc3ccccc3)n2c1. The topological polar surface area (TPSA) is 75.9 Å². The van der Waals surface area contributed by atoms with E-state index in [2.05, 4.69) is 5.32 Å². The molecule has 32 heavy (non-hydrogen) atoms. The normalized spacial score (nSPS) is 10.8. The predicted octanol–water partition coefficient (Wildman–Crippen LogP) is 6.24. The van der Waals surface area contributed by atoms with Crippen LogP contribution in [-0.2, 0) is 0 Å². The number of benzene rings is 3. The minimum atomic E-state index is -0.991. The van der Waals surface area contributed by atoms with Gasteiger partial charge in [0.15, 0.2) is 0 Å². The Bertz CT molecular complexity index is 1380. The number of carbonyl (C=O) groups is 1. The van der Waals surface area contributed by atoms with Crippen molar-refractivity contribution < 1.29 is 14.6 Å². The van der Waals surface area contributed by atoms with Gasteiger partial charge in [-0.1, -0.05) is 36.4 Å². The highest BCUT2D eigenvalue weighted by molar-refractivity contribution is 5.88. The summed E-state index contributed by atoms with van der Waals surface area (Å²) in [7, 11) is 0. The lowest BCUT2D eigenvalue weighted by Gasteiger charge is -2.10. The number of nitrogens with one attached hydrogen (secondary N) is 1. The Morgan fingerprint density at radius 2 is 1.47 bits per heavy atom. The Morgan fingerprint density at radius 1 is 0.812 bits per heavy atom. The maximum absolute atomic E-state index is 11.5. The highest BCUT2D eigenvalue weighted by Gasteiger charge is 2.16. The van der Waals surface area contributed by atoms with E-state index >= 15 is 0 Å². The second-order valence-corrected chi connectivity index (χ2v) is 7.19. The van der Waals surface area contributed by atoms with Gasteiger partial charge in [0.05, 0.1) is 5.56 Å². The quantitative estimate of drug-likeness (QED) is 0.340. The monoisotopic (exact) mass is 421 g/mol. The summed E-state index contributed by atoms with van der Waals surface area (Å²) in [4.78, 5) is 16.3. The number of carboxylic acids is 1. The minimum Gasteiger partial charge on any atom is -0.478 e. The largest absolute Gasteiger partial charge is 0.478 e. The zero-order chi connectivity index (χ0) is 21.9. The molecule has 0 radical (unpaired) electrons. The van der Waals surface area contributed by atoms with Gasteiger partial charge in [-0.15, -0.1) is 0 Å².